The molecule has 1 aromatic heterocycles. The Hall–Kier alpha value is -3.63. The van der Waals surface area contributed by atoms with Gasteiger partial charge in [-0.1, -0.05) is 23.7 Å². The Bertz CT molecular complexity index is 1320. The highest BCUT2D eigenvalue weighted by molar-refractivity contribution is 6.30. The third-order valence-electron chi connectivity index (χ3n) is 5.11. The smallest absolute Gasteiger partial charge is 0.355 e. The third-order valence-corrected chi connectivity index (χ3v) is 5.36. The molecule has 1 heterocycles. The van der Waals surface area contributed by atoms with Crippen LogP contribution in [0.25, 0.3) is 0 Å². The monoisotopic (exact) mass is 502 g/mol. The second kappa shape index (κ2) is 11.2. The first-order valence-electron chi connectivity index (χ1n) is 10.8. The molecule has 1 atom stereocenters. The molecule has 3 aromatic rings. The first kappa shape index (κ1) is 26.0. The normalized spacial score (nSPS) is 11.9. The van der Waals surface area contributed by atoms with Crippen molar-refractivity contribution in [1.82, 2.24) is 14.1 Å². The average Bonchev–Trinajstić information content (AvgIpc) is 2.79. The lowest BCUT2D eigenvalue weighted by atomic mass is 10.2. The van der Waals surface area contributed by atoms with Crippen LogP contribution in [0.5, 0.6) is 5.75 Å². The number of hydrogen-bond donors (Lipinski definition) is 2. The van der Waals surface area contributed by atoms with Crippen LogP contribution in [0.15, 0.2) is 52.1 Å². The van der Waals surface area contributed by atoms with E-state index in [0.717, 1.165) is 15.7 Å². The molecular formula is C24H27ClN4O6. The second-order valence-electron chi connectivity index (χ2n) is 8.16. The van der Waals surface area contributed by atoms with Crippen molar-refractivity contribution in [3.8, 4) is 5.75 Å². The van der Waals surface area contributed by atoms with Crippen LogP contribution in [0.2, 0.25) is 5.02 Å². The van der Waals surface area contributed by atoms with Crippen LogP contribution < -0.4 is 21.4 Å². The fourth-order valence-electron chi connectivity index (χ4n) is 3.36. The lowest BCUT2D eigenvalue weighted by molar-refractivity contribution is -0.149. The lowest BCUT2D eigenvalue weighted by Gasteiger charge is -2.18. The average molecular weight is 503 g/mol. The molecule has 186 valence electrons. The Morgan fingerprint density at radius 2 is 1.83 bits per heavy atom. The van der Waals surface area contributed by atoms with Crippen LogP contribution in [0, 0.1) is 6.92 Å². The van der Waals surface area contributed by atoms with Gasteiger partial charge in [0, 0.05) is 17.8 Å². The van der Waals surface area contributed by atoms with Crippen molar-refractivity contribution >= 4 is 29.2 Å². The van der Waals surface area contributed by atoms with E-state index in [4.69, 9.17) is 21.1 Å². The van der Waals surface area contributed by atoms with E-state index >= 15 is 0 Å². The molecule has 2 N–H and O–H groups in total. The number of aromatic nitrogens is 3. The summed E-state index contributed by atoms with van der Waals surface area (Å²) in [5.41, 5.74) is 0.540. The summed E-state index contributed by atoms with van der Waals surface area (Å²) in [6.07, 6.45) is -1.38. The molecule has 1 unspecified atom stereocenters. The topological polar surface area (TPSA) is 125 Å². The predicted molar refractivity (Wildman–Crippen MR) is 132 cm³/mol. The van der Waals surface area contributed by atoms with Gasteiger partial charge in [0.05, 0.1) is 19.2 Å². The Balaban J connectivity index is 2.06. The van der Waals surface area contributed by atoms with Gasteiger partial charge in [-0.15, -0.1) is 0 Å². The predicted octanol–water partition coefficient (Wildman–Crippen LogP) is 3.05. The number of hydrogen-bond acceptors (Lipinski definition) is 7. The Labute approximate surface area is 206 Å². The molecule has 0 fully saturated rings. The van der Waals surface area contributed by atoms with Crippen molar-refractivity contribution in [3.63, 3.8) is 0 Å². The third kappa shape index (κ3) is 6.49. The first-order valence-corrected chi connectivity index (χ1v) is 11.2. The van der Waals surface area contributed by atoms with E-state index in [9.17, 15) is 19.5 Å². The maximum atomic E-state index is 13.3. The minimum atomic E-state index is -1.39. The number of carboxylic acid groups (broad SMARTS) is 1. The summed E-state index contributed by atoms with van der Waals surface area (Å²) in [4.78, 5) is 41.5. The molecular weight excluding hydrogens is 476 g/mol. The number of rotatable bonds is 10. The van der Waals surface area contributed by atoms with Gasteiger partial charge in [-0.3, -0.25) is 4.57 Å². The number of halogens is 1. The number of aryl methyl sites for hydroxylation is 1. The van der Waals surface area contributed by atoms with Crippen molar-refractivity contribution in [2.24, 2.45) is 0 Å². The highest BCUT2D eigenvalue weighted by Crippen LogP contribution is 2.24. The molecule has 0 bridgehead atoms. The van der Waals surface area contributed by atoms with Gasteiger partial charge in [-0.25, -0.2) is 19.0 Å². The molecule has 0 aliphatic heterocycles. The molecule has 0 aliphatic carbocycles. The number of anilines is 2. The highest BCUT2D eigenvalue weighted by Gasteiger charge is 2.22. The van der Waals surface area contributed by atoms with Crippen molar-refractivity contribution in [2.45, 2.75) is 46.1 Å². The van der Waals surface area contributed by atoms with Gasteiger partial charge in [0.15, 0.2) is 6.10 Å². The van der Waals surface area contributed by atoms with Crippen LogP contribution in [0.4, 0.5) is 11.6 Å². The van der Waals surface area contributed by atoms with Gasteiger partial charge in [0.2, 0.25) is 5.95 Å². The Morgan fingerprint density at radius 3 is 2.40 bits per heavy atom. The van der Waals surface area contributed by atoms with Crippen LogP contribution in [-0.4, -0.2) is 44.5 Å². The standard InChI is InChI=1S/C24H27ClN4O6/c1-14(2)35-19-10-9-18(11-15(19)3)26-22-27-23(32)29(13-20(34-4)21(30)31)24(33)28(22)12-16-5-7-17(25)8-6-16/h5-11,14,20H,12-13H2,1-4H3,(H,30,31)(H,26,27,32). The molecule has 3 rings (SSSR count). The van der Waals surface area contributed by atoms with Gasteiger partial charge in [0.1, 0.15) is 5.75 Å². The van der Waals surface area contributed by atoms with E-state index in [-0.39, 0.29) is 18.6 Å². The summed E-state index contributed by atoms with van der Waals surface area (Å²) in [5.74, 6) is -0.580. The van der Waals surface area contributed by atoms with Crippen molar-refractivity contribution in [3.05, 3.63) is 79.6 Å². The zero-order valence-electron chi connectivity index (χ0n) is 19.8. The fraction of sp³-hybridized carbons (Fsp3) is 0.333. The fourth-order valence-corrected chi connectivity index (χ4v) is 3.48. The first-order chi connectivity index (χ1) is 16.6. The van der Waals surface area contributed by atoms with Gasteiger partial charge >= 0.3 is 17.3 Å². The van der Waals surface area contributed by atoms with Gasteiger partial charge < -0.3 is 19.9 Å². The molecule has 0 spiro atoms. The number of nitrogens with one attached hydrogen (secondary N) is 1. The Kier molecular flexibility index (Phi) is 8.31. The molecule has 2 aromatic carbocycles. The number of benzene rings is 2. The molecule has 35 heavy (non-hydrogen) atoms. The Morgan fingerprint density at radius 1 is 1.14 bits per heavy atom. The number of nitrogens with zero attached hydrogens (tertiary/aromatic N) is 3. The van der Waals surface area contributed by atoms with Gasteiger partial charge in [0.25, 0.3) is 0 Å². The van der Waals surface area contributed by atoms with Crippen molar-refractivity contribution in [2.75, 3.05) is 12.4 Å². The zero-order valence-corrected chi connectivity index (χ0v) is 20.6. The number of carboxylic acids is 1. The maximum Gasteiger partial charge on any atom is 0.355 e. The maximum absolute atomic E-state index is 13.3. The van der Waals surface area contributed by atoms with Crippen molar-refractivity contribution < 1.29 is 19.4 Å². The van der Waals surface area contributed by atoms with E-state index in [0.29, 0.717) is 16.5 Å². The highest BCUT2D eigenvalue weighted by atomic mass is 35.5. The van der Waals surface area contributed by atoms with Crippen LogP contribution in [0.1, 0.15) is 25.0 Å². The number of aliphatic carboxylic acids is 1. The van der Waals surface area contributed by atoms with E-state index < -0.39 is 30.0 Å². The van der Waals surface area contributed by atoms with Gasteiger partial charge in [-0.2, -0.15) is 4.98 Å². The summed E-state index contributed by atoms with van der Waals surface area (Å²) in [6.45, 7) is 5.31. The quantitative estimate of drug-likeness (QED) is 0.433. The summed E-state index contributed by atoms with van der Waals surface area (Å²) in [5, 5.41) is 12.9. The summed E-state index contributed by atoms with van der Waals surface area (Å²) < 4.78 is 12.7. The van der Waals surface area contributed by atoms with E-state index in [1.165, 1.54) is 11.7 Å². The second-order valence-corrected chi connectivity index (χ2v) is 8.59. The summed E-state index contributed by atoms with van der Waals surface area (Å²) in [7, 11) is 1.19. The molecule has 0 aliphatic rings. The summed E-state index contributed by atoms with van der Waals surface area (Å²) >= 11 is 5.97. The number of ether oxygens (including phenoxy) is 2. The summed E-state index contributed by atoms with van der Waals surface area (Å²) in [6, 6.07) is 12.2. The molecule has 0 radical (unpaired) electrons. The molecule has 0 saturated carbocycles. The molecule has 0 saturated heterocycles. The minimum Gasteiger partial charge on any atom is -0.491 e. The van der Waals surface area contributed by atoms with Crippen LogP contribution in [0.3, 0.4) is 0 Å². The minimum absolute atomic E-state index is 0.00687. The number of methoxy groups -OCH3 is 1. The van der Waals surface area contributed by atoms with Gasteiger partial charge in [-0.05, 0) is 62.2 Å². The SMILES string of the molecule is COC(Cn1c(=O)nc(Nc2ccc(OC(C)C)c(C)c2)n(Cc2ccc(Cl)cc2)c1=O)C(=O)O. The van der Waals surface area contributed by atoms with Crippen molar-refractivity contribution in [1.29, 1.82) is 0 Å². The van der Waals surface area contributed by atoms with E-state index in [1.54, 1.807) is 36.4 Å². The lowest BCUT2D eigenvalue weighted by Crippen LogP contribution is -2.46. The zero-order chi connectivity index (χ0) is 25.7. The van der Waals surface area contributed by atoms with E-state index in [1.807, 2.05) is 26.8 Å². The largest absolute Gasteiger partial charge is 0.491 e. The van der Waals surface area contributed by atoms with Crippen LogP contribution in [-0.2, 0) is 22.6 Å². The number of carbonyl (C=O) groups is 1. The molecule has 11 heteroatoms. The van der Waals surface area contributed by atoms with E-state index in [2.05, 4.69) is 10.3 Å². The molecule has 10 nitrogen and oxygen atoms in total. The van der Waals surface area contributed by atoms with Crippen LogP contribution >= 0.6 is 11.6 Å². The molecule has 0 amide bonds.